The van der Waals surface area contributed by atoms with Crippen LogP contribution in [0.5, 0.6) is 0 Å². The van der Waals surface area contributed by atoms with E-state index in [2.05, 4.69) is 0 Å². The molecule has 1 aromatic carbocycles. The molecule has 0 amide bonds. The third-order valence-electron chi connectivity index (χ3n) is 3.77. The lowest BCUT2D eigenvalue weighted by atomic mass is 10.1. The van der Waals surface area contributed by atoms with Gasteiger partial charge in [-0.3, -0.25) is 0 Å². The Morgan fingerprint density at radius 2 is 1.75 bits per heavy atom. The lowest BCUT2D eigenvalue weighted by molar-refractivity contribution is -0.0396. The number of aliphatic hydroxyl groups excluding tert-OH is 2. The SMILES string of the molecule is O=C1OCCC/C=C\CC[C@@H]([C@H](O)CO)OC(=O)c2ccccc21. The molecule has 0 saturated carbocycles. The normalized spacial score (nSPS) is 22.5. The molecular weight excluding hydrogens is 312 g/mol. The van der Waals surface area contributed by atoms with Gasteiger partial charge in [0.1, 0.15) is 12.2 Å². The van der Waals surface area contributed by atoms with E-state index >= 15 is 0 Å². The summed E-state index contributed by atoms with van der Waals surface area (Å²) in [5.41, 5.74) is 0.220. The van der Waals surface area contributed by atoms with Gasteiger partial charge in [-0.25, -0.2) is 9.59 Å². The maximum Gasteiger partial charge on any atom is 0.339 e. The van der Waals surface area contributed by atoms with Crippen LogP contribution in [0.2, 0.25) is 0 Å². The van der Waals surface area contributed by atoms with Crippen molar-refractivity contribution in [2.75, 3.05) is 13.2 Å². The second kappa shape index (κ2) is 9.20. The largest absolute Gasteiger partial charge is 0.462 e. The fourth-order valence-corrected chi connectivity index (χ4v) is 2.43. The molecule has 0 bridgehead atoms. The zero-order valence-corrected chi connectivity index (χ0v) is 13.4. The number of hydrogen-bond donors (Lipinski definition) is 2. The van der Waals surface area contributed by atoms with Gasteiger partial charge in [0.2, 0.25) is 0 Å². The number of fused-ring (bicyclic) bond motifs is 1. The highest BCUT2D eigenvalue weighted by molar-refractivity contribution is 6.03. The van der Waals surface area contributed by atoms with E-state index in [1.54, 1.807) is 12.1 Å². The van der Waals surface area contributed by atoms with Crippen LogP contribution >= 0.6 is 0 Å². The molecule has 2 rings (SSSR count). The van der Waals surface area contributed by atoms with Gasteiger partial charge < -0.3 is 19.7 Å². The van der Waals surface area contributed by atoms with Crippen LogP contribution < -0.4 is 0 Å². The highest BCUT2D eigenvalue weighted by atomic mass is 16.6. The van der Waals surface area contributed by atoms with Gasteiger partial charge in [0.25, 0.3) is 0 Å². The van der Waals surface area contributed by atoms with Crippen LogP contribution in [-0.4, -0.2) is 47.6 Å². The van der Waals surface area contributed by atoms with Crippen LogP contribution in [0.1, 0.15) is 46.4 Å². The van der Waals surface area contributed by atoms with Crippen molar-refractivity contribution in [2.45, 2.75) is 37.9 Å². The van der Waals surface area contributed by atoms with Gasteiger partial charge in [0.15, 0.2) is 0 Å². The third kappa shape index (κ3) is 4.91. The van der Waals surface area contributed by atoms with Gasteiger partial charge in [-0.15, -0.1) is 0 Å². The molecule has 0 saturated heterocycles. The second-order valence-electron chi connectivity index (χ2n) is 5.57. The number of hydrogen-bond acceptors (Lipinski definition) is 6. The standard InChI is InChI=1S/C18H22O6/c19-12-15(20)16-10-4-2-1-3-7-11-23-17(21)13-8-5-6-9-14(13)18(22)24-16/h1-2,5-6,8-9,15-16,19-20H,3-4,7,10-12H2/b2-1-/t15-,16+/m1/s1. The molecule has 6 nitrogen and oxygen atoms in total. The van der Waals surface area contributed by atoms with Crippen LogP contribution in [-0.2, 0) is 9.47 Å². The van der Waals surface area contributed by atoms with Gasteiger partial charge in [0.05, 0.1) is 24.3 Å². The van der Waals surface area contributed by atoms with E-state index < -0.39 is 30.8 Å². The van der Waals surface area contributed by atoms with E-state index in [0.29, 0.717) is 19.3 Å². The molecule has 1 aromatic rings. The van der Waals surface area contributed by atoms with E-state index in [-0.39, 0.29) is 17.7 Å². The number of ether oxygens (including phenoxy) is 2. The zero-order chi connectivity index (χ0) is 17.4. The third-order valence-corrected chi connectivity index (χ3v) is 3.77. The van der Waals surface area contributed by atoms with Gasteiger partial charge in [-0.05, 0) is 37.8 Å². The predicted octanol–water partition coefficient (Wildman–Crippen LogP) is 1.85. The number of aliphatic hydroxyl groups is 2. The minimum absolute atomic E-state index is 0.0882. The minimum atomic E-state index is -1.17. The smallest absolute Gasteiger partial charge is 0.339 e. The van der Waals surface area contributed by atoms with Crippen molar-refractivity contribution in [2.24, 2.45) is 0 Å². The van der Waals surface area contributed by atoms with Crippen LogP contribution in [0.4, 0.5) is 0 Å². The average molecular weight is 334 g/mol. The molecule has 24 heavy (non-hydrogen) atoms. The van der Waals surface area contributed by atoms with E-state index in [1.165, 1.54) is 12.1 Å². The number of cyclic esters (lactones) is 2. The summed E-state index contributed by atoms with van der Waals surface area (Å²) in [5.74, 6) is -1.30. The molecule has 1 aliphatic heterocycles. The summed E-state index contributed by atoms with van der Waals surface area (Å²) in [6, 6.07) is 6.24. The van der Waals surface area contributed by atoms with Crippen LogP contribution in [0.25, 0.3) is 0 Å². The van der Waals surface area contributed by atoms with Crippen LogP contribution in [0.3, 0.4) is 0 Å². The zero-order valence-electron chi connectivity index (χ0n) is 13.4. The second-order valence-corrected chi connectivity index (χ2v) is 5.57. The van der Waals surface area contributed by atoms with Crippen molar-refractivity contribution >= 4 is 11.9 Å². The lowest BCUT2D eigenvalue weighted by Crippen LogP contribution is -2.34. The highest BCUT2D eigenvalue weighted by Gasteiger charge is 2.26. The predicted molar refractivity (Wildman–Crippen MR) is 86.6 cm³/mol. The molecular formula is C18H22O6. The van der Waals surface area contributed by atoms with Crippen molar-refractivity contribution in [3.05, 3.63) is 47.5 Å². The van der Waals surface area contributed by atoms with Gasteiger partial charge in [-0.1, -0.05) is 24.3 Å². The molecule has 0 unspecified atom stereocenters. The summed E-state index contributed by atoms with van der Waals surface area (Å²) in [7, 11) is 0. The molecule has 0 aromatic heterocycles. The molecule has 0 fully saturated rings. The van der Waals surface area contributed by atoms with Crippen molar-refractivity contribution < 1.29 is 29.3 Å². The molecule has 6 heteroatoms. The Bertz CT molecular complexity index is 595. The first-order valence-corrected chi connectivity index (χ1v) is 8.04. The Hall–Kier alpha value is -2.18. The molecule has 2 atom stereocenters. The Balaban J connectivity index is 2.27. The van der Waals surface area contributed by atoms with E-state index in [9.17, 15) is 14.7 Å². The number of esters is 2. The monoisotopic (exact) mass is 334 g/mol. The minimum Gasteiger partial charge on any atom is -0.462 e. The quantitative estimate of drug-likeness (QED) is 0.633. The fourth-order valence-electron chi connectivity index (χ4n) is 2.43. The average Bonchev–Trinajstić information content (AvgIpc) is 2.61. The molecule has 1 heterocycles. The van der Waals surface area contributed by atoms with Crippen molar-refractivity contribution in [3.63, 3.8) is 0 Å². The van der Waals surface area contributed by atoms with Crippen molar-refractivity contribution in [3.8, 4) is 0 Å². The summed E-state index contributed by atoms with van der Waals surface area (Å²) in [6.07, 6.45) is 4.31. The first-order chi connectivity index (χ1) is 11.6. The summed E-state index contributed by atoms with van der Waals surface area (Å²) in [5, 5.41) is 19.0. The first-order valence-electron chi connectivity index (χ1n) is 8.04. The molecule has 1 aliphatic rings. The number of allylic oxidation sites excluding steroid dienone is 2. The van der Waals surface area contributed by atoms with Crippen LogP contribution in [0.15, 0.2) is 36.4 Å². The molecule has 0 spiro atoms. The summed E-state index contributed by atoms with van der Waals surface area (Å²) >= 11 is 0. The van der Waals surface area contributed by atoms with Gasteiger partial charge in [0, 0.05) is 0 Å². The molecule has 0 aliphatic carbocycles. The summed E-state index contributed by atoms with van der Waals surface area (Å²) < 4.78 is 10.5. The van der Waals surface area contributed by atoms with E-state index in [1.807, 2.05) is 12.2 Å². The first kappa shape index (κ1) is 18.2. The van der Waals surface area contributed by atoms with Crippen molar-refractivity contribution in [1.29, 1.82) is 0 Å². The maximum absolute atomic E-state index is 12.4. The Labute approximate surface area is 140 Å². The lowest BCUT2D eigenvalue weighted by Gasteiger charge is -2.22. The summed E-state index contributed by atoms with van der Waals surface area (Å²) in [4.78, 5) is 24.6. The summed E-state index contributed by atoms with van der Waals surface area (Å²) in [6.45, 7) is -0.232. The fraction of sp³-hybridized carbons (Fsp3) is 0.444. The molecule has 2 N–H and O–H groups in total. The Morgan fingerprint density at radius 1 is 1.08 bits per heavy atom. The topological polar surface area (TPSA) is 93.1 Å². The maximum atomic E-state index is 12.4. The number of carbonyl (C=O) groups excluding carboxylic acids is 2. The van der Waals surface area contributed by atoms with Gasteiger partial charge >= 0.3 is 11.9 Å². The van der Waals surface area contributed by atoms with Gasteiger partial charge in [-0.2, -0.15) is 0 Å². The molecule has 0 radical (unpaired) electrons. The van der Waals surface area contributed by atoms with E-state index in [4.69, 9.17) is 14.6 Å². The Morgan fingerprint density at radius 3 is 2.46 bits per heavy atom. The Kier molecular flexibility index (Phi) is 6.96. The molecule has 130 valence electrons. The number of carbonyl (C=O) groups is 2. The van der Waals surface area contributed by atoms with Crippen molar-refractivity contribution in [1.82, 2.24) is 0 Å². The van der Waals surface area contributed by atoms with Crippen LogP contribution in [0, 0.1) is 0 Å². The number of rotatable bonds is 2. The van der Waals surface area contributed by atoms with E-state index in [0.717, 1.165) is 6.42 Å². The highest BCUT2D eigenvalue weighted by Crippen LogP contribution is 2.17. The number of benzene rings is 1.